The molecule has 0 aromatic heterocycles. The molecule has 6 heteroatoms. The molecule has 1 saturated carbocycles. The number of benzene rings is 1. The lowest BCUT2D eigenvalue weighted by molar-refractivity contribution is -0.140. The average Bonchev–Trinajstić information content (AvgIpc) is 3.10. The molecule has 0 heterocycles. The standard InChI is InChI=1S/C18H26N2O4/c1-18(2)14(15(18)17(22)23)16(21)19-10-13(20(3)4)11-6-8-12(24-5)9-7-11/h6-9,13-15H,10H2,1-5H3,(H,19,21)(H,22,23)/t13-,14+,15-/m1/s1. The van der Waals surface area contributed by atoms with E-state index < -0.39 is 23.2 Å². The monoisotopic (exact) mass is 334 g/mol. The first-order valence-corrected chi connectivity index (χ1v) is 8.01. The number of hydrogen-bond donors (Lipinski definition) is 2. The van der Waals surface area contributed by atoms with Gasteiger partial charge in [0.25, 0.3) is 0 Å². The first kappa shape index (κ1) is 18.3. The zero-order valence-corrected chi connectivity index (χ0v) is 14.9. The highest BCUT2D eigenvalue weighted by atomic mass is 16.5. The van der Waals surface area contributed by atoms with E-state index in [1.54, 1.807) is 7.11 Å². The Bertz CT molecular complexity index is 610. The van der Waals surface area contributed by atoms with Crippen LogP contribution in [0.4, 0.5) is 0 Å². The van der Waals surface area contributed by atoms with E-state index in [4.69, 9.17) is 4.74 Å². The van der Waals surface area contributed by atoms with Crippen molar-refractivity contribution in [1.82, 2.24) is 10.2 Å². The van der Waals surface area contributed by atoms with Gasteiger partial charge in [0, 0.05) is 6.54 Å². The largest absolute Gasteiger partial charge is 0.497 e. The van der Waals surface area contributed by atoms with Crippen LogP contribution in [0.25, 0.3) is 0 Å². The number of nitrogens with one attached hydrogen (secondary N) is 1. The zero-order chi connectivity index (χ0) is 18.1. The number of likely N-dealkylation sites (N-methyl/N-ethyl adjacent to an activating group) is 1. The van der Waals surface area contributed by atoms with Gasteiger partial charge in [-0.25, -0.2) is 0 Å². The second kappa shape index (κ2) is 6.81. The molecule has 3 atom stereocenters. The molecule has 0 spiro atoms. The lowest BCUT2D eigenvalue weighted by Crippen LogP contribution is -2.36. The summed E-state index contributed by atoms with van der Waals surface area (Å²) < 4.78 is 5.17. The van der Waals surface area contributed by atoms with Gasteiger partial charge in [0.1, 0.15) is 5.75 Å². The number of nitrogens with zero attached hydrogens (tertiary/aromatic N) is 1. The molecule has 0 aliphatic heterocycles. The predicted molar refractivity (Wildman–Crippen MR) is 90.8 cm³/mol. The van der Waals surface area contributed by atoms with Crippen molar-refractivity contribution in [1.29, 1.82) is 0 Å². The van der Waals surface area contributed by atoms with Crippen molar-refractivity contribution in [2.45, 2.75) is 19.9 Å². The molecule has 1 aromatic carbocycles. The molecule has 2 rings (SSSR count). The minimum absolute atomic E-state index is 0.00463. The Labute approximate surface area is 142 Å². The molecular formula is C18H26N2O4. The Hall–Kier alpha value is -2.08. The van der Waals surface area contributed by atoms with Crippen LogP contribution in [0.3, 0.4) is 0 Å². The summed E-state index contributed by atoms with van der Waals surface area (Å²) in [5.74, 6) is -1.37. The molecule has 2 N–H and O–H groups in total. The van der Waals surface area contributed by atoms with Crippen molar-refractivity contribution in [3.8, 4) is 5.75 Å². The number of ether oxygens (including phenoxy) is 1. The van der Waals surface area contributed by atoms with Gasteiger partial charge in [-0.1, -0.05) is 26.0 Å². The first-order valence-electron chi connectivity index (χ1n) is 8.01. The van der Waals surface area contributed by atoms with Gasteiger partial charge in [0.05, 0.1) is 25.0 Å². The van der Waals surface area contributed by atoms with Gasteiger partial charge in [-0.3, -0.25) is 9.59 Å². The molecule has 1 aromatic rings. The fourth-order valence-electron chi connectivity index (χ4n) is 3.32. The number of carbonyl (C=O) groups is 2. The van der Waals surface area contributed by atoms with Crippen LogP contribution in [0.2, 0.25) is 0 Å². The maximum absolute atomic E-state index is 12.4. The Morgan fingerprint density at radius 2 is 1.83 bits per heavy atom. The fourth-order valence-corrected chi connectivity index (χ4v) is 3.32. The number of rotatable bonds is 7. The van der Waals surface area contributed by atoms with Gasteiger partial charge in [0.2, 0.25) is 5.91 Å². The van der Waals surface area contributed by atoms with Crippen LogP contribution < -0.4 is 10.1 Å². The zero-order valence-electron chi connectivity index (χ0n) is 14.9. The summed E-state index contributed by atoms with van der Waals surface area (Å²) in [7, 11) is 5.51. The van der Waals surface area contributed by atoms with E-state index in [9.17, 15) is 14.7 Å². The van der Waals surface area contributed by atoms with Crippen LogP contribution in [-0.4, -0.2) is 49.6 Å². The quantitative estimate of drug-likeness (QED) is 0.794. The van der Waals surface area contributed by atoms with Gasteiger partial charge in [-0.05, 0) is 37.2 Å². The minimum Gasteiger partial charge on any atom is -0.497 e. The van der Waals surface area contributed by atoms with E-state index in [1.165, 1.54) is 0 Å². The molecule has 24 heavy (non-hydrogen) atoms. The number of methoxy groups -OCH3 is 1. The second-order valence-electron chi connectivity index (χ2n) is 7.11. The third-order valence-electron chi connectivity index (χ3n) is 4.97. The molecule has 132 valence electrons. The molecule has 0 unspecified atom stereocenters. The number of aliphatic carboxylic acids is 1. The number of hydrogen-bond acceptors (Lipinski definition) is 4. The molecule has 1 fully saturated rings. The van der Waals surface area contributed by atoms with Crippen molar-refractivity contribution < 1.29 is 19.4 Å². The van der Waals surface area contributed by atoms with Crippen molar-refractivity contribution >= 4 is 11.9 Å². The average molecular weight is 334 g/mol. The van der Waals surface area contributed by atoms with E-state index in [1.807, 2.05) is 57.1 Å². The number of carboxylic acid groups (broad SMARTS) is 1. The van der Waals surface area contributed by atoms with Crippen LogP contribution in [0, 0.1) is 17.3 Å². The maximum atomic E-state index is 12.4. The molecule has 1 aliphatic rings. The Balaban J connectivity index is 2.02. The lowest BCUT2D eigenvalue weighted by Gasteiger charge is -2.25. The predicted octanol–water partition coefficient (Wildman–Crippen LogP) is 1.77. The highest BCUT2D eigenvalue weighted by Crippen LogP contribution is 2.58. The molecular weight excluding hydrogens is 308 g/mol. The second-order valence-corrected chi connectivity index (χ2v) is 7.11. The van der Waals surface area contributed by atoms with E-state index in [0.29, 0.717) is 6.54 Å². The summed E-state index contributed by atoms with van der Waals surface area (Å²) in [5.41, 5.74) is 0.579. The lowest BCUT2D eigenvalue weighted by atomic mass is 10.1. The molecule has 0 radical (unpaired) electrons. The topological polar surface area (TPSA) is 78.9 Å². The van der Waals surface area contributed by atoms with E-state index >= 15 is 0 Å². The summed E-state index contributed by atoms with van der Waals surface area (Å²) in [5, 5.41) is 12.1. The molecule has 0 bridgehead atoms. The Morgan fingerprint density at radius 1 is 1.25 bits per heavy atom. The smallest absolute Gasteiger partial charge is 0.307 e. The third kappa shape index (κ3) is 3.53. The van der Waals surface area contributed by atoms with Gasteiger partial charge in [-0.15, -0.1) is 0 Å². The van der Waals surface area contributed by atoms with Crippen LogP contribution in [0.5, 0.6) is 5.75 Å². The molecule has 6 nitrogen and oxygen atoms in total. The van der Waals surface area contributed by atoms with E-state index in [-0.39, 0.29) is 11.9 Å². The van der Waals surface area contributed by atoms with Crippen LogP contribution in [0.1, 0.15) is 25.5 Å². The molecule has 1 aliphatic carbocycles. The Morgan fingerprint density at radius 3 is 2.25 bits per heavy atom. The van der Waals surface area contributed by atoms with Gasteiger partial charge >= 0.3 is 5.97 Å². The van der Waals surface area contributed by atoms with E-state index in [2.05, 4.69) is 5.32 Å². The van der Waals surface area contributed by atoms with Crippen molar-refractivity contribution in [2.75, 3.05) is 27.7 Å². The number of amides is 1. The highest BCUT2D eigenvalue weighted by Gasteiger charge is 2.65. The Kier molecular flexibility index (Phi) is 5.18. The summed E-state index contributed by atoms with van der Waals surface area (Å²) in [4.78, 5) is 25.6. The summed E-state index contributed by atoms with van der Waals surface area (Å²) in [6.45, 7) is 4.07. The van der Waals surface area contributed by atoms with Gasteiger partial charge < -0.3 is 20.1 Å². The van der Waals surface area contributed by atoms with Crippen LogP contribution in [0.15, 0.2) is 24.3 Å². The highest BCUT2D eigenvalue weighted by molar-refractivity contribution is 5.91. The van der Waals surface area contributed by atoms with E-state index in [0.717, 1.165) is 11.3 Å². The normalized spacial score (nSPS) is 22.8. The fraction of sp³-hybridized carbons (Fsp3) is 0.556. The van der Waals surface area contributed by atoms with Crippen molar-refractivity contribution in [2.24, 2.45) is 17.3 Å². The first-order chi connectivity index (χ1) is 11.2. The maximum Gasteiger partial charge on any atom is 0.307 e. The molecule has 0 saturated heterocycles. The van der Waals surface area contributed by atoms with Crippen LogP contribution >= 0.6 is 0 Å². The summed E-state index contributed by atoms with van der Waals surface area (Å²) in [6.07, 6.45) is 0. The van der Waals surface area contributed by atoms with Gasteiger partial charge in [0.15, 0.2) is 0 Å². The summed E-state index contributed by atoms with van der Waals surface area (Å²) in [6, 6.07) is 7.72. The van der Waals surface area contributed by atoms with Crippen molar-refractivity contribution in [3.05, 3.63) is 29.8 Å². The van der Waals surface area contributed by atoms with Gasteiger partial charge in [-0.2, -0.15) is 0 Å². The third-order valence-corrected chi connectivity index (χ3v) is 4.97. The van der Waals surface area contributed by atoms with Crippen molar-refractivity contribution in [3.63, 3.8) is 0 Å². The SMILES string of the molecule is COc1ccc([C@@H](CNC(=O)[C@@H]2[C@H](C(=O)O)C2(C)C)N(C)C)cc1. The molecule has 1 amide bonds. The minimum atomic E-state index is -0.903. The summed E-state index contributed by atoms with van der Waals surface area (Å²) >= 11 is 0. The number of carbonyl (C=O) groups excluding carboxylic acids is 1. The number of carboxylic acids is 1. The van der Waals surface area contributed by atoms with Crippen LogP contribution in [-0.2, 0) is 9.59 Å².